The minimum Gasteiger partial charge on any atom is -0.466 e. The molecular formula is C12H18N2O2. The number of ether oxygens (including phenoxy) is 1. The molecule has 0 saturated heterocycles. The highest BCUT2D eigenvalue weighted by atomic mass is 16.5. The summed E-state index contributed by atoms with van der Waals surface area (Å²) in [4.78, 5) is 15.2. The van der Waals surface area contributed by atoms with Gasteiger partial charge in [0.05, 0.1) is 6.61 Å². The number of nitrogens with one attached hydrogen (secondary N) is 1. The molecule has 0 atom stereocenters. The second-order valence-corrected chi connectivity index (χ2v) is 3.52. The summed E-state index contributed by atoms with van der Waals surface area (Å²) in [6, 6.07) is 3.89. The average Bonchev–Trinajstić information content (AvgIpc) is 2.25. The number of pyridine rings is 1. The van der Waals surface area contributed by atoms with Gasteiger partial charge in [0.2, 0.25) is 0 Å². The van der Waals surface area contributed by atoms with Crippen LogP contribution in [0.2, 0.25) is 0 Å². The zero-order valence-corrected chi connectivity index (χ0v) is 9.82. The fourth-order valence-electron chi connectivity index (χ4n) is 1.35. The lowest BCUT2D eigenvalue weighted by Gasteiger charge is -2.06. The van der Waals surface area contributed by atoms with E-state index in [0.717, 1.165) is 24.3 Å². The lowest BCUT2D eigenvalue weighted by molar-refractivity contribution is -0.143. The van der Waals surface area contributed by atoms with Gasteiger partial charge in [-0.25, -0.2) is 0 Å². The second kappa shape index (κ2) is 6.82. The van der Waals surface area contributed by atoms with E-state index < -0.39 is 0 Å². The Morgan fingerprint density at radius 1 is 1.56 bits per heavy atom. The first-order valence-electron chi connectivity index (χ1n) is 5.54. The van der Waals surface area contributed by atoms with Crippen LogP contribution in [-0.4, -0.2) is 24.1 Å². The van der Waals surface area contributed by atoms with E-state index in [-0.39, 0.29) is 5.97 Å². The molecule has 0 saturated carbocycles. The summed E-state index contributed by atoms with van der Waals surface area (Å²) in [6.07, 6.45) is 3.01. The van der Waals surface area contributed by atoms with Gasteiger partial charge in [-0.1, -0.05) is 0 Å². The van der Waals surface area contributed by atoms with Crippen LogP contribution in [0.25, 0.3) is 0 Å². The molecule has 1 heterocycles. The summed E-state index contributed by atoms with van der Waals surface area (Å²) in [6.45, 7) is 4.98. The zero-order valence-electron chi connectivity index (χ0n) is 9.82. The average molecular weight is 222 g/mol. The Bertz CT molecular complexity index is 340. The first kappa shape index (κ1) is 12.5. The molecule has 1 rings (SSSR count). The highest BCUT2D eigenvalue weighted by Gasteiger charge is 2.00. The molecule has 0 amide bonds. The summed E-state index contributed by atoms with van der Waals surface area (Å²) in [5.74, 6) is -0.129. The molecule has 0 radical (unpaired) electrons. The molecule has 0 aromatic carbocycles. The van der Waals surface area contributed by atoms with Crippen molar-refractivity contribution in [2.45, 2.75) is 26.7 Å². The number of esters is 1. The van der Waals surface area contributed by atoms with Crippen molar-refractivity contribution in [3.05, 3.63) is 24.0 Å². The molecule has 0 bridgehead atoms. The molecule has 1 aromatic rings. The van der Waals surface area contributed by atoms with E-state index in [1.54, 1.807) is 6.20 Å². The SMILES string of the molecule is CCOC(=O)CCCNc1ccnc(C)c1. The van der Waals surface area contributed by atoms with E-state index in [1.807, 2.05) is 26.0 Å². The maximum atomic E-state index is 11.0. The van der Waals surface area contributed by atoms with Crippen LogP contribution in [0.4, 0.5) is 5.69 Å². The lowest BCUT2D eigenvalue weighted by Crippen LogP contribution is -2.08. The van der Waals surface area contributed by atoms with Crippen molar-refractivity contribution in [3.8, 4) is 0 Å². The largest absolute Gasteiger partial charge is 0.466 e. The number of aromatic nitrogens is 1. The predicted octanol–water partition coefficient (Wildman–Crippen LogP) is 2.15. The molecule has 0 aliphatic heterocycles. The van der Waals surface area contributed by atoms with E-state index in [1.165, 1.54) is 0 Å². The Labute approximate surface area is 96.0 Å². The molecule has 4 heteroatoms. The van der Waals surface area contributed by atoms with Gasteiger partial charge in [-0.15, -0.1) is 0 Å². The van der Waals surface area contributed by atoms with Gasteiger partial charge in [0, 0.05) is 30.5 Å². The van der Waals surface area contributed by atoms with E-state index in [9.17, 15) is 4.79 Å². The highest BCUT2D eigenvalue weighted by molar-refractivity contribution is 5.69. The fraction of sp³-hybridized carbons (Fsp3) is 0.500. The summed E-state index contributed by atoms with van der Waals surface area (Å²) < 4.78 is 4.84. The number of aryl methyl sites for hydroxylation is 1. The van der Waals surface area contributed by atoms with Crippen LogP contribution in [0.3, 0.4) is 0 Å². The summed E-state index contributed by atoms with van der Waals surface area (Å²) in [5, 5.41) is 3.24. The predicted molar refractivity (Wildman–Crippen MR) is 63.3 cm³/mol. The van der Waals surface area contributed by atoms with Gasteiger partial charge in [0.25, 0.3) is 0 Å². The van der Waals surface area contributed by atoms with Gasteiger partial charge < -0.3 is 10.1 Å². The Morgan fingerprint density at radius 2 is 2.38 bits per heavy atom. The highest BCUT2D eigenvalue weighted by Crippen LogP contribution is 2.07. The number of rotatable bonds is 6. The van der Waals surface area contributed by atoms with E-state index in [4.69, 9.17) is 4.74 Å². The summed E-state index contributed by atoms with van der Waals surface area (Å²) in [5.41, 5.74) is 2.02. The number of hydrogen-bond acceptors (Lipinski definition) is 4. The first-order chi connectivity index (χ1) is 7.72. The Balaban J connectivity index is 2.18. The Morgan fingerprint density at radius 3 is 3.06 bits per heavy atom. The normalized spacial score (nSPS) is 9.88. The van der Waals surface area contributed by atoms with Gasteiger partial charge in [0.15, 0.2) is 0 Å². The number of anilines is 1. The number of carbonyl (C=O) groups is 1. The topological polar surface area (TPSA) is 51.2 Å². The minimum absolute atomic E-state index is 0.129. The van der Waals surface area contributed by atoms with Crippen molar-refractivity contribution in [1.82, 2.24) is 4.98 Å². The van der Waals surface area contributed by atoms with Crippen molar-refractivity contribution in [2.75, 3.05) is 18.5 Å². The number of nitrogens with zero attached hydrogens (tertiary/aromatic N) is 1. The molecule has 16 heavy (non-hydrogen) atoms. The third-order valence-corrected chi connectivity index (χ3v) is 2.09. The van der Waals surface area contributed by atoms with Crippen molar-refractivity contribution in [2.24, 2.45) is 0 Å². The molecule has 88 valence electrons. The molecule has 0 fully saturated rings. The molecule has 4 nitrogen and oxygen atoms in total. The van der Waals surface area contributed by atoms with Crippen LogP contribution in [-0.2, 0) is 9.53 Å². The summed E-state index contributed by atoms with van der Waals surface area (Å²) in [7, 11) is 0. The van der Waals surface area contributed by atoms with Crippen molar-refractivity contribution in [1.29, 1.82) is 0 Å². The van der Waals surface area contributed by atoms with Gasteiger partial charge in [-0.3, -0.25) is 9.78 Å². The van der Waals surface area contributed by atoms with E-state index in [0.29, 0.717) is 13.0 Å². The van der Waals surface area contributed by atoms with E-state index in [2.05, 4.69) is 10.3 Å². The van der Waals surface area contributed by atoms with Crippen LogP contribution in [0.5, 0.6) is 0 Å². The number of hydrogen-bond donors (Lipinski definition) is 1. The standard InChI is InChI=1S/C12H18N2O2/c1-3-16-12(15)5-4-7-14-11-6-8-13-10(2)9-11/h6,8-9H,3-5,7H2,1-2H3,(H,13,14). The van der Waals surface area contributed by atoms with Gasteiger partial charge in [-0.05, 0) is 32.4 Å². The molecule has 0 aliphatic rings. The third-order valence-electron chi connectivity index (χ3n) is 2.09. The van der Waals surface area contributed by atoms with Crippen molar-refractivity contribution < 1.29 is 9.53 Å². The molecule has 1 aromatic heterocycles. The van der Waals surface area contributed by atoms with Crippen LogP contribution >= 0.6 is 0 Å². The molecule has 0 aliphatic carbocycles. The second-order valence-electron chi connectivity index (χ2n) is 3.52. The lowest BCUT2D eigenvalue weighted by atomic mass is 10.3. The Kier molecular flexibility index (Phi) is 5.32. The molecule has 0 spiro atoms. The summed E-state index contributed by atoms with van der Waals surface area (Å²) >= 11 is 0. The van der Waals surface area contributed by atoms with Gasteiger partial charge >= 0.3 is 5.97 Å². The first-order valence-corrected chi connectivity index (χ1v) is 5.54. The van der Waals surface area contributed by atoms with Gasteiger partial charge in [0.1, 0.15) is 0 Å². The Hall–Kier alpha value is -1.58. The number of carbonyl (C=O) groups excluding carboxylic acids is 1. The molecule has 1 N–H and O–H groups in total. The smallest absolute Gasteiger partial charge is 0.305 e. The van der Waals surface area contributed by atoms with Crippen LogP contribution < -0.4 is 5.32 Å². The monoisotopic (exact) mass is 222 g/mol. The quantitative estimate of drug-likeness (QED) is 0.592. The van der Waals surface area contributed by atoms with Crippen molar-refractivity contribution in [3.63, 3.8) is 0 Å². The third kappa shape index (κ3) is 4.77. The van der Waals surface area contributed by atoms with E-state index >= 15 is 0 Å². The molecular weight excluding hydrogens is 204 g/mol. The zero-order chi connectivity index (χ0) is 11.8. The van der Waals surface area contributed by atoms with Crippen LogP contribution in [0, 0.1) is 6.92 Å². The maximum Gasteiger partial charge on any atom is 0.305 e. The van der Waals surface area contributed by atoms with Crippen LogP contribution in [0.1, 0.15) is 25.5 Å². The maximum absolute atomic E-state index is 11.0. The van der Waals surface area contributed by atoms with Crippen LogP contribution in [0.15, 0.2) is 18.3 Å². The fourth-order valence-corrected chi connectivity index (χ4v) is 1.35. The van der Waals surface area contributed by atoms with Gasteiger partial charge in [-0.2, -0.15) is 0 Å². The minimum atomic E-state index is -0.129. The molecule has 0 unspecified atom stereocenters. The van der Waals surface area contributed by atoms with Crippen molar-refractivity contribution >= 4 is 11.7 Å².